The first-order valence-electron chi connectivity index (χ1n) is 8.75. The van der Waals surface area contributed by atoms with Gasteiger partial charge in [-0.15, -0.1) is 0 Å². The highest BCUT2D eigenvalue weighted by Gasteiger charge is 2.17. The Kier molecular flexibility index (Phi) is 6.82. The van der Waals surface area contributed by atoms with Crippen molar-refractivity contribution in [2.45, 2.75) is 6.54 Å². The largest absolute Gasteiger partial charge is 0.467 e. The summed E-state index contributed by atoms with van der Waals surface area (Å²) in [4.78, 5) is 36.6. The van der Waals surface area contributed by atoms with Crippen molar-refractivity contribution in [2.75, 3.05) is 11.9 Å². The van der Waals surface area contributed by atoms with E-state index in [9.17, 15) is 18.8 Å². The van der Waals surface area contributed by atoms with E-state index in [4.69, 9.17) is 20.8 Å². The second-order valence-corrected chi connectivity index (χ2v) is 6.52. The fourth-order valence-electron chi connectivity index (χ4n) is 2.45. The molecule has 0 aliphatic heterocycles. The number of rotatable bonds is 7. The molecule has 2 aromatic carbocycles. The number of amides is 2. The molecule has 3 aromatic rings. The van der Waals surface area contributed by atoms with Crippen LogP contribution in [0.1, 0.15) is 26.5 Å². The van der Waals surface area contributed by atoms with Gasteiger partial charge in [0.2, 0.25) is 0 Å². The van der Waals surface area contributed by atoms with E-state index < -0.39 is 30.2 Å². The van der Waals surface area contributed by atoms with Crippen LogP contribution in [-0.4, -0.2) is 24.4 Å². The van der Waals surface area contributed by atoms with Gasteiger partial charge >= 0.3 is 5.97 Å². The number of benzene rings is 2. The predicted molar refractivity (Wildman–Crippen MR) is 107 cm³/mol. The summed E-state index contributed by atoms with van der Waals surface area (Å²) < 4.78 is 23.1. The van der Waals surface area contributed by atoms with Gasteiger partial charge in [0.05, 0.1) is 24.1 Å². The van der Waals surface area contributed by atoms with E-state index >= 15 is 0 Å². The molecule has 2 N–H and O–H groups in total. The van der Waals surface area contributed by atoms with Crippen LogP contribution in [0.4, 0.5) is 10.1 Å². The van der Waals surface area contributed by atoms with Crippen molar-refractivity contribution in [3.8, 4) is 0 Å². The summed E-state index contributed by atoms with van der Waals surface area (Å²) in [6.07, 6.45) is 1.48. The summed E-state index contributed by atoms with van der Waals surface area (Å²) in [5.41, 5.74) is 0.291. The molecular formula is C21H16ClFN2O5. The third kappa shape index (κ3) is 5.68. The topological polar surface area (TPSA) is 97.6 Å². The lowest BCUT2D eigenvalue weighted by atomic mass is 10.1. The van der Waals surface area contributed by atoms with Crippen LogP contribution in [0.2, 0.25) is 5.02 Å². The van der Waals surface area contributed by atoms with Crippen molar-refractivity contribution in [1.82, 2.24) is 5.32 Å². The van der Waals surface area contributed by atoms with Crippen molar-refractivity contribution >= 4 is 35.1 Å². The first-order chi connectivity index (χ1) is 14.4. The number of ether oxygens (including phenoxy) is 1. The van der Waals surface area contributed by atoms with E-state index in [-0.39, 0.29) is 28.4 Å². The average molecular weight is 431 g/mol. The zero-order valence-corrected chi connectivity index (χ0v) is 16.2. The molecule has 0 radical (unpaired) electrons. The molecule has 154 valence electrons. The van der Waals surface area contributed by atoms with Crippen molar-refractivity contribution in [1.29, 1.82) is 0 Å². The number of halogens is 2. The molecule has 2 amide bonds. The molecular weight excluding hydrogens is 415 g/mol. The molecule has 1 aromatic heterocycles. The van der Waals surface area contributed by atoms with Crippen LogP contribution in [0.3, 0.4) is 0 Å². The van der Waals surface area contributed by atoms with Crippen molar-refractivity contribution in [3.05, 3.63) is 88.6 Å². The van der Waals surface area contributed by atoms with Gasteiger partial charge in [0.15, 0.2) is 6.61 Å². The maximum atomic E-state index is 13.0. The Morgan fingerprint density at radius 3 is 2.53 bits per heavy atom. The minimum atomic E-state index is -0.825. The zero-order chi connectivity index (χ0) is 21.5. The van der Waals surface area contributed by atoms with Gasteiger partial charge in [-0.3, -0.25) is 9.59 Å². The van der Waals surface area contributed by atoms with Crippen LogP contribution >= 0.6 is 11.6 Å². The summed E-state index contributed by atoms with van der Waals surface area (Å²) in [7, 11) is 0. The van der Waals surface area contributed by atoms with Crippen LogP contribution in [0.5, 0.6) is 0 Å². The summed E-state index contributed by atoms with van der Waals surface area (Å²) in [5, 5.41) is 5.36. The average Bonchev–Trinajstić information content (AvgIpc) is 3.25. The number of anilines is 1. The Labute approximate surface area is 175 Å². The number of esters is 1. The van der Waals surface area contributed by atoms with E-state index in [0.717, 1.165) is 12.1 Å². The third-order valence-electron chi connectivity index (χ3n) is 3.93. The Bertz CT molecular complexity index is 1050. The molecule has 0 saturated carbocycles. The maximum Gasteiger partial charge on any atom is 0.340 e. The summed E-state index contributed by atoms with van der Waals surface area (Å²) in [6.45, 7) is -0.364. The maximum absolute atomic E-state index is 13.0. The standard InChI is InChI=1S/C21H16ClFN2O5/c22-14-5-8-17(18(10-14)25-20(27)13-3-6-15(23)7-4-13)21(28)30-12-19(26)24-11-16-2-1-9-29-16/h1-10H,11-12H2,(H,24,26)(H,25,27). The van der Waals surface area contributed by atoms with Gasteiger partial charge in [-0.05, 0) is 54.6 Å². The molecule has 0 aliphatic rings. The number of furan rings is 1. The van der Waals surface area contributed by atoms with Gasteiger partial charge < -0.3 is 19.8 Å². The van der Waals surface area contributed by atoms with Gasteiger partial charge in [0, 0.05) is 10.6 Å². The van der Waals surface area contributed by atoms with Crippen LogP contribution in [-0.2, 0) is 16.1 Å². The molecule has 0 aliphatic carbocycles. The smallest absolute Gasteiger partial charge is 0.340 e. The number of hydrogen-bond donors (Lipinski definition) is 2. The van der Waals surface area contributed by atoms with E-state index in [1.54, 1.807) is 12.1 Å². The predicted octanol–water partition coefficient (Wildman–Crippen LogP) is 3.80. The van der Waals surface area contributed by atoms with E-state index in [2.05, 4.69) is 10.6 Å². The monoisotopic (exact) mass is 430 g/mol. The lowest BCUT2D eigenvalue weighted by molar-refractivity contribution is -0.124. The molecule has 0 fully saturated rings. The first kappa shape index (κ1) is 21.1. The second-order valence-electron chi connectivity index (χ2n) is 6.08. The lowest BCUT2D eigenvalue weighted by Gasteiger charge is -2.12. The van der Waals surface area contributed by atoms with Gasteiger partial charge in [0.25, 0.3) is 11.8 Å². The Hall–Kier alpha value is -3.65. The highest BCUT2D eigenvalue weighted by Crippen LogP contribution is 2.23. The Morgan fingerprint density at radius 2 is 1.83 bits per heavy atom. The molecule has 0 atom stereocenters. The van der Waals surface area contributed by atoms with Crippen LogP contribution in [0.15, 0.2) is 65.3 Å². The SMILES string of the molecule is O=C(COC(=O)c1ccc(Cl)cc1NC(=O)c1ccc(F)cc1)NCc1ccco1. The van der Waals surface area contributed by atoms with Crippen molar-refractivity contribution in [2.24, 2.45) is 0 Å². The zero-order valence-electron chi connectivity index (χ0n) is 15.5. The molecule has 9 heteroatoms. The molecule has 7 nitrogen and oxygen atoms in total. The van der Waals surface area contributed by atoms with E-state index in [1.165, 1.54) is 36.6 Å². The minimum Gasteiger partial charge on any atom is -0.467 e. The normalized spacial score (nSPS) is 10.3. The van der Waals surface area contributed by atoms with Crippen LogP contribution in [0.25, 0.3) is 0 Å². The number of hydrogen-bond acceptors (Lipinski definition) is 5. The lowest BCUT2D eigenvalue weighted by Crippen LogP contribution is -2.28. The number of nitrogens with one attached hydrogen (secondary N) is 2. The summed E-state index contributed by atoms with van der Waals surface area (Å²) >= 11 is 5.96. The molecule has 0 bridgehead atoms. The summed E-state index contributed by atoms with van der Waals surface area (Å²) in [6, 6.07) is 12.4. The fourth-order valence-corrected chi connectivity index (χ4v) is 2.62. The second kappa shape index (κ2) is 9.71. The minimum absolute atomic E-state index is 0.00805. The van der Waals surface area contributed by atoms with Gasteiger partial charge in [-0.2, -0.15) is 0 Å². The van der Waals surface area contributed by atoms with Gasteiger partial charge in [-0.25, -0.2) is 9.18 Å². The highest BCUT2D eigenvalue weighted by molar-refractivity contribution is 6.31. The Balaban J connectivity index is 1.63. The molecule has 1 heterocycles. The molecule has 0 saturated heterocycles. The molecule has 0 spiro atoms. The van der Waals surface area contributed by atoms with E-state index in [0.29, 0.717) is 5.76 Å². The molecule has 3 rings (SSSR count). The van der Waals surface area contributed by atoms with Crippen molar-refractivity contribution < 1.29 is 27.9 Å². The van der Waals surface area contributed by atoms with Gasteiger partial charge in [0.1, 0.15) is 11.6 Å². The molecule has 30 heavy (non-hydrogen) atoms. The van der Waals surface area contributed by atoms with Crippen molar-refractivity contribution in [3.63, 3.8) is 0 Å². The third-order valence-corrected chi connectivity index (χ3v) is 4.17. The highest BCUT2D eigenvalue weighted by atomic mass is 35.5. The van der Waals surface area contributed by atoms with E-state index in [1.807, 2.05) is 0 Å². The molecule has 0 unspecified atom stereocenters. The van der Waals surface area contributed by atoms with Crippen LogP contribution in [0, 0.1) is 5.82 Å². The Morgan fingerprint density at radius 1 is 1.07 bits per heavy atom. The summed E-state index contributed by atoms with van der Waals surface area (Å²) in [5.74, 6) is -1.84. The number of carbonyl (C=O) groups excluding carboxylic acids is 3. The fraction of sp³-hybridized carbons (Fsp3) is 0.0952. The first-order valence-corrected chi connectivity index (χ1v) is 9.13. The number of carbonyl (C=O) groups is 3. The quantitative estimate of drug-likeness (QED) is 0.556. The van der Waals surface area contributed by atoms with Gasteiger partial charge in [-0.1, -0.05) is 11.6 Å². The van der Waals surface area contributed by atoms with Crippen LogP contribution < -0.4 is 10.6 Å².